The largest absolute Gasteiger partial charge is 0.511 e. The molecule has 1 aliphatic rings. The molecule has 0 aromatic heterocycles. The van der Waals surface area contributed by atoms with Crippen molar-refractivity contribution in [3.05, 3.63) is 11.3 Å². The van der Waals surface area contributed by atoms with Gasteiger partial charge in [0.2, 0.25) is 0 Å². The zero-order valence-corrected chi connectivity index (χ0v) is 14.8. The average molecular weight is 325 g/mol. The molecule has 0 spiro atoms. The highest BCUT2D eigenvalue weighted by Gasteiger charge is 2.45. The molecule has 0 saturated carbocycles. The molecule has 0 aliphatic carbocycles. The number of aliphatic hydroxyl groups excluding tert-OH is 2. The number of hydrogen-bond acceptors (Lipinski definition) is 4. The van der Waals surface area contributed by atoms with Crippen molar-refractivity contribution in [2.24, 2.45) is 5.92 Å². The second-order valence-corrected chi connectivity index (χ2v) is 6.68. The van der Waals surface area contributed by atoms with Crippen LogP contribution in [-0.4, -0.2) is 46.0 Å². The molecule has 1 amide bonds. The Labute approximate surface area is 139 Å². The first-order chi connectivity index (χ1) is 10.8. The van der Waals surface area contributed by atoms with Crippen LogP contribution in [0.25, 0.3) is 0 Å². The zero-order valence-electron chi connectivity index (χ0n) is 14.8. The molecule has 132 valence electrons. The molecule has 0 aromatic rings. The number of likely N-dealkylation sites (tertiary alicyclic amines) is 1. The van der Waals surface area contributed by atoms with E-state index in [1.54, 1.807) is 0 Å². The van der Waals surface area contributed by atoms with Crippen molar-refractivity contribution in [2.45, 2.75) is 77.9 Å². The normalized spacial score (nSPS) is 23.3. The van der Waals surface area contributed by atoms with Gasteiger partial charge in [0.05, 0.1) is 6.10 Å². The summed E-state index contributed by atoms with van der Waals surface area (Å²) in [5.74, 6) is -1.30. The summed E-state index contributed by atoms with van der Waals surface area (Å²) in [4.78, 5) is 25.7. The smallest absolute Gasteiger partial charge is 0.261 e. The summed E-state index contributed by atoms with van der Waals surface area (Å²) in [5.41, 5.74) is -0.142. The van der Waals surface area contributed by atoms with Crippen LogP contribution >= 0.6 is 0 Å². The van der Waals surface area contributed by atoms with E-state index < -0.39 is 23.8 Å². The third kappa shape index (κ3) is 4.80. The number of unbranched alkanes of at least 4 members (excludes halogenated alkanes) is 5. The Balaban J connectivity index is 2.66. The van der Waals surface area contributed by atoms with E-state index in [-0.39, 0.29) is 17.3 Å². The number of likely N-dealkylation sites (N-methyl/N-ethyl adjacent to an activating group) is 1. The third-order valence-electron chi connectivity index (χ3n) is 4.64. The number of allylic oxidation sites excluding steroid dienone is 1. The molecular weight excluding hydrogens is 294 g/mol. The fraction of sp³-hybridized carbons (Fsp3) is 0.778. The summed E-state index contributed by atoms with van der Waals surface area (Å²) in [6.07, 6.45) is 6.76. The predicted molar refractivity (Wildman–Crippen MR) is 90.1 cm³/mol. The van der Waals surface area contributed by atoms with E-state index >= 15 is 0 Å². The molecular formula is C18H31NO4. The molecule has 0 bridgehead atoms. The summed E-state index contributed by atoms with van der Waals surface area (Å²) in [5, 5.41) is 20.0. The van der Waals surface area contributed by atoms with Gasteiger partial charge in [-0.2, -0.15) is 0 Å². The lowest BCUT2D eigenvalue weighted by Crippen LogP contribution is -2.40. The van der Waals surface area contributed by atoms with Gasteiger partial charge in [0.1, 0.15) is 17.4 Å². The van der Waals surface area contributed by atoms with Crippen molar-refractivity contribution in [3.63, 3.8) is 0 Å². The van der Waals surface area contributed by atoms with Crippen molar-refractivity contribution >= 4 is 11.7 Å². The fourth-order valence-corrected chi connectivity index (χ4v) is 3.12. The van der Waals surface area contributed by atoms with E-state index in [1.165, 1.54) is 44.6 Å². The van der Waals surface area contributed by atoms with Crippen LogP contribution in [0.1, 0.15) is 65.7 Å². The van der Waals surface area contributed by atoms with Crippen molar-refractivity contribution < 1.29 is 19.8 Å². The lowest BCUT2D eigenvalue weighted by atomic mass is 9.95. The molecule has 0 aromatic carbocycles. The monoisotopic (exact) mass is 325 g/mol. The van der Waals surface area contributed by atoms with Gasteiger partial charge in [0, 0.05) is 13.0 Å². The number of rotatable bonds is 9. The Hall–Kier alpha value is -1.36. The maximum Gasteiger partial charge on any atom is 0.261 e. The van der Waals surface area contributed by atoms with E-state index in [0.717, 1.165) is 19.3 Å². The first-order valence-corrected chi connectivity index (χ1v) is 8.75. The van der Waals surface area contributed by atoms with Crippen molar-refractivity contribution in [1.29, 1.82) is 0 Å². The number of carbonyl (C=O) groups is 2. The van der Waals surface area contributed by atoms with Gasteiger partial charge in [-0.25, -0.2) is 0 Å². The zero-order chi connectivity index (χ0) is 17.6. The molecule has 0 radical (unpaired) electrons. The number of aliphatic hydroxyl groups is 2. The van der Waals surface area contributed by atoms with Gasteiger partial charge < -0.3 is 15.1 Å². The lowest BCUT2D eigenvalue weighted by molar-refractivity contribution is -0.128. The van der Waals surface area contributed by atoms with Gasteiger partial charge in [0.25, 0.3) is 5.91 Å². The number of Topliss-reactive ketones (excluding diaryl/α,β-unsaturated/α-hetero) is 1. The van der Waals surface area contributed by atoms with Crippen LogP contribution in [0.5, 0.6) is 0 Å². The van der Waals surface area contributed by atoms with Crippen molar-refractivity contribution in [1.82, 2.24) is 4.90 Å². The quantitative estimate of drug-likeness (QED) is 0.296. The van der Waals surface area contributed by atoms with Gasteiger partial charge in [-0.15, -0.1) is 0 Å². The Morgan fingerprint density at radius 1 is 1.13 bits per heavy atom. The van der Waals surface area contributed by atoms with Gasteiger partial charge in [-0.05, 0) is 13.3 Å². The van der Waals surface area contributed by atoms with Crippen molar-refractivity contribution in [2.75, 3.05) is 7.05 Å². The standard InChI is InChI=1S/C18H31NO4/c1-5-6-7-8-9-10-11-12(2)16(21)14-17(22)15(13(3)20)19(4)18(14)23/h12-13,15,20-21H,5-11H2,1-4H3/b16-14+/t12?,13?,15-/m0/s1. The van der Waals surface area contributed by atoms with Gasteiger partial charge >= 0.3 is 0 Å². The van der Waals surface area contributed by atoms with E-state index in [2.05, 4.69) is 6.92 Å². The highest BCUT2D eigenvalue weighted by Crippen LogP contribution is 2.28. The van der Waals surface area contributed by atoms with Crippen LogP contribution in [0.2, 0.25) is 0 Å². The molecule has 1 rings (SSSR count). The van der Waals surface area contributed by atoms with Crippen molar-refractivity contribution in [3.8, 4) is 0 Å². The molecule has 5 heteroatoms. The van der Waals surface area contributed by atoms with Crippen LogP contribution in [0, 0.1) is 5.92 Å². The number of amides is 1. The summed E-state index contributed by atoms with van der Waals surface area (Å²) in [6.45, 7) is 5.50. The second-order valence-electron chi connectivity index (χ2n) is 6.68. The SMILES string of the molecule is CCCCCCCCC(C)/C(O)=C1/C(=O)[C@H](C(C)O)N(C)C1=O. The topological polar surface area (TPSA) is 77.8 Å². The molecule has 1 aliphatic heterocycles. The average Bonchev–Trinajstić information content (AvgIpc) is 2.71. The maximum atomic E-state index is 12.3. The molecule has 1 saturated heterocycles. The molecule has 5 nitrogen and oxygen atoms in total. The molecule has 3 atom stereocenters. The molecule has 2 unspecified atom stereocenters. The first-order valence-electron chi connectivity index (χ1n) is 8.75. The fourth-order valence-electron chi connectivity index (χ4n) is 3.12. The van der Waals surface area contributed by atoms with E-state index in [4.69, 9.17) is 0 Å². The molecule has 2 N–H and O–H groups in total. The Morgan fingerprint density at radius 3 is 2.22 bits per heavy atom. The summed E-state index contributed by atoms with van der Waals surface area (Å²) < 4.78 is 0. The predicted octanol–water partition coefficient (Wildman–Crippen LogP) is 2.98. The molecule has 1 heterocycles. The Bertz CT molecular complexity index is 456. The number of ketones is 1. The Morgan fingerprint density at radius 2 is 1.70 bits per heavy atom. The third-order valence-corrected chi connectivity index (χ3v) is 4.64. The summed E-state index contributed by atoms with van der Waals surface area (Å²) >= 11 is 0. The van der Waals surface area contributed by atoms with Crippen LogP contribution in [-0.2, 0) is 9.59 Å². The first kappa shape index (κ1) is 19.7. The van der Waals surface area contributed by atoms with Gasteiger partial charge in [-0.1, -0.05) is 52.4 Å². The number of carbonyl (C=O) groups excluding carboxylic acids is 2. The van der Waals surface area contributed by atoms with Crippen LogP contribution in [0.3, 0.4) is 0 Å². The molecule has 23 heavy (non-hydrogen) atoms. The molecule has 1 fully saturated rings. The number of hydrogen-bond donors (Lipinski definition) is 2. The van der Waals surface area contributed by atoms with Crippen LogP contribution in [0.15, 0.2) is 11.3 Å². The minimum absolute atomic E-state index is 0.122. The minimum atomic E-state index is -0.948. The highest BCUT2D eigenvalue weighted by molar-refractivity contribution is 6.26. The van der Waals surface area contributed by atoms with E-state index in [0.29, 0.717) is 0 Å². The van der Waals surface area contributed by atoms with Crippen LogP contribution in [0.4, 0.5) is 0 Å². The van der Waals surface area contributed by atoms with Gasteiger partial charge in [0.15, 0.2) is 5.78 Å². The maximum absolute atomic E-state index is 12.3. The van der Waals surface area contributed by atoms with E-state index in [1.807, 2.05) is 6.92 Å². The summed E-state index contributed by atoms with van der Waals surface area (Å²) in [6, 6.07) is -0.888. The van der Waals surface area contributed by atoms with E-state index in [9.17, 15) is 19.8 Å². The minimum Gasteiger partial charge on any atom is -0.511 e. The summed E-state index contributed by atoms with van der Waals surface area (Å²) in [7, 11) is 1.48. The Kier molecular flexibility index (Phi) is 7.76. The van der Waals surface area contributed by atoms with Gasteiger partial charge in [-0.3, -0.25) is 9.59 Å². The van der Waals surface area contributed by atoms with Crippen LogP contribution < -0.4 is 0 Å². The number of nitrogens with zero attached hydrogens (tertiary/aromatic N) is 1. The highest BCUT2D eigenvalue weighted by atomic mass is 16.3. The lowest BCUT2D eigenvalue weighted by Gasteiger charge is -2.19. The second kappa shape index (κ2) is 9.06.